The van der Waals surface area contributed by atoms with Crippen molar-refractivity contribution in [3.8, 4) is 0 Å². The van der Waals surface area contributed by atoms with Crippen LogP contribution in [0.1, 0.15) is 144 Å². The van der Waals surface area contributed by atoms with E-state index in [-0.39, 0.29) is 44.2 Å². The number of unbranched alkanes of at least 4 members (excludes halogenated alkanes) is 10. The molecule has 0 spiro atoms. The average molecular weight is 867 g/mol. The molecule has 1 saturated heterocycles. The summed E-state index contributed by atoms with van der Waals surface area (Å²) in [4.78, 5) is 116. The van der Waals surface area contributed by atoms with E-state index in [1.807, 2.05) is 13.8 Å². The van der Waals surface area contributed by atoms with E-state index in [1.54, 1.807) is 0 Å². The Morgan fingerprint density at radius 2 is 1.26 bits per heavy atom. The van der Waals surface area contributed by atoms with E-state index in [9.17, 15) is 53.4 Å². The van der Waals surface area contributed by atoms with Gasteiger partial charge in [-0.25, -0.2) is 0 Å². The summed E-state index contributed by atoms with van der Waals surface area (Å²) in [6.07, 6.45) is 10.4. The lowest BCUT2D eigenvalue weighted by molar-refractivity contribution is -0.145. The third-order valence-electron chi connectivity index (χ3n) is 10.5. The number of nitrogens with zero attached hydrogens (tertiary/aromatic N) is 1. The number of aldehydes is 1. The van der Waals surface area contributed by atoms with Gasteiger partial charge in [-0.1, -0.05) is 85.0 Å². The van der Waals surface area contributed by atoms with Crippen molar-refractivity contribution in [1.29, 1.82) is 0 Å². The molecule has 0 aliphatic carbocycles. The molecule has 19 nitrogen and oxygen atoms in total. The van der Waals surface area contributed by atoms with Crippen molar-refractivity contribution in [3.05, 3.63) is 0 Å². The van der Waals surface area contributed by atoms with Crippen LogP contribution in [0.25, 0.3) is 0 Å². The van der Waals surface area contributed by atoms with Gasteiger partial charge >= 0.3 is 0 Å². The molecule has 348 valence electrons. The second-order valence-electron chi connectivity index (χ2n) is 16.6. The van der Waals surface area contributed by atoms with Crippen molar-refractivity contribution in [2.24, 2.45) is 11.7 Å². The monoisotopic (exact) mass is 867 g/mol. The minimum atomic E-state index is -1.62. The summed E-state index contributed by atoms with van der Waals surface area (Å²) in [6, 6.07) is -8.04. The first kappa shape index (κ1) is 54.4. The number of carbonyl (C=O) groups excluding carboxylic acids is 9. The topological polar surface area (TPSA) is 296 Å². The van der Waals surface area contributed by atoms with Gasteiger partial charge in [-0.05, 0) is 52.4 Å². The molecule has 0 saturated carbocycles. The van der Waals surface area contributed by atoms with E-state index in [2.05, 4.69) is 38.8 Å². The molecule has 0 aromatic rings. The molecule has 61 heavy (non-hydrogen) atoms. The fourth-order valence-corrected chi connectivity index (χ4v) is 7.04. The maximum atomic E-state index is 13.9. The maximum Gasteiger partial charge on any atom is 0.248 e. The average Bonchev–Trinajstić information content (AvgIpc) is 3.69. The Kier molecular flexibility index (Phi) is 26.4. The van der Waals surface area contributed by atoms with Crippen molar-refractivity contribution in [1.82, 2.24) is 36.8 Å². The number of hydrogen-bond acceptors (Lipinski definition) is 11. The summed E-state index contributed by atoms with van der Waals surface area (Å²) in [6.45, 7) is 9.45. The van der Waals surface area contributed by atoms with Crippen LogP contribution in [-0.4, -0.2) is 130 Å². The summed E-state index contributed by atoms with van der Waals surface area (Å²) in [5, 5.41) is 35.8. The predicted molar refractivity (Wildman–Crippen MR) is 227 cm³/mol. The molecule has 1 aliphatic heterocycles. The number of carbonyl (C=O) groups is 9. The lowest BCUT2D eigenvalue weighted by Crippen LogP contribution is -2.62. The number of nitrogens with one attached hydrogen (secondary N) is 6. The van der Waals surface area contributed by atoms with E-state index in [0.717, 1.165) is 19.3 Å². The van der Waals surface area contributed by atoms with E-state index in [1.165, 1.54) is 70.6 Å². The predicted octanol–water partition coefficient (Wildman–Crippen LogP) is 0.121. The molecule has 0 aromatic carbocycles. The molecule has 1 fully saturated rings. The lowest BCUT2D eigenvalue weighted by Gasteiger charge is -2.32. The van der Waals surface area contributed by atoms with E-state index >= 15 is 0 Å². The van der Waals surface area contributed by atoms with Crippen LogP contribution < -0.4 is 37.6 Å². The second-order valence-corrected chi connectivity index (χ2v) is 16.6. The van der Waals surface area contributed by atoms with Gasteiger partial charge in [0.25, 0.3) is 0 Å². The largest absolute Gasteiger partial charge is 0.391 e. The molecule has 0 radical (unpaired) electrons. The van der Waals surface area contributed by atoms with Crippen LogP contribution >= 0.6 is 0 Å². The summed E-state index contributed by atoms with van der Waals surface area (Å²) < 4.78 is 0. The first-order chi connectivity index (χ1) is 28.8. The summed E-state index contributed by atoms with van der Waals surface area (Å²) in [5.74, 6) is -6.23. The Labute approximate surface area is 360 Å². The molecule has 8 atom stereocenters. The zero-order valence-electron chi connectivity index (χ0n) is 37.1. The van der Waals surface area contributed by atoms with Gasteiger partial charge < -0.3 is 57.5 Å². The molecule has 1 rings (SSSR count). The van der Waals surface area contributed by atoms with Gasteiger partial charge in [0.1, 0.15) is 42.5 Å². The Balaban J connectivity index is 2.90. The number of aliphatic hydroxyl groups is 2. The van der Waals surface area contributed by atoms with Crippen LogP contribution in [0.3, 0.4) is 0 Å². The molecular weight excluding hydrogens is 793 g/mol. The number of amides is 8. The fraction of sp³-hybridized carbons (Fsp3) is 0.786. The van der Waals surface area contributed by atoms with Gasteiger partial charge in [-0.3, -0.25) is 38.4 Å². The van der Waals surface area contributed by atoms with Crippen molar-refractivity contribution < 1.29 is 53.4 Å². The molecule has 19 heteroatoms. The molecule has 0 aromatic heterocycles. The highest BCUT2D eigenvalue weighted by molar-refractivity contribution is 5.98. The Morgan fingerprint density at radius 1 is 0.689 bits per heavy atom. The summed E-state index contributed by atoms with van der Waals surface area (Å²) in [7, 11) is 0. The van der Waals surface area contributed by atoms with Gasteiger partial charge in [-0.2, -0.15) is 0 Å². The normalized spacial score (nSPS) is 17.1. The van der Waals surface area contributed by atoms with Gasteiger partial charge in [0.2, 0.25) is 47.3 Å². The third kappa shape index (κ3) is 21.1. The smallest absolute Gasteiger partial charge is 0.248 e. The number of nitrogens with two attached hydrogens (primary N) is 1. The molecule has 10 N–H and O–H groups in total. The number of likely N-dealkylation sites (tertiary alicyclic amines) is 1. The molecule has 0 bridgehead atoms. The summed E-state index contributed by atoms with van der Waals surface area (Å²) in [5.41, 5.74) is 5.18. The maximum absolute atomic E-state index is 13.9. The van der Waals surface area contributed by atoms with Gasteiger partial charge in [-0.15, -0.1) is 0 Å². The Bertz CT molecular complexity index is 1440. The quantitative estimate of drug-likeness (QED) is 0.0333. The van der Waals surface area contributed by atoms with Crippen molar-refractivity contribution in [3.63, 3.8) is 0 Å². The Hall–Kier alpha value is -4.65. The minimum Gasteiger partial charge on any atom is -0.391 e. The fourth-order valence-electron chi connectivity index (χ4n) is 7.04. The van der Waals surface area contributed by atoms with Crippen molar-refractivity contribution >= 4 is 53.5 Å². The van der Waals surface area contributed by atoms with Crippen LogP contribution in [0.2, 0.25) is 0 Å². The highest BCUT2D eigenvalue weighted by Gasteiger charge is 2.41. The second kappa shape index (κ2) is 29.6. The number of primary amides is 1. The zero-order chi connectivity index (χ0) is 46.1. The number of rotatable bonds is 31. The van der Waals surface area contributed by atoms with Crippen LogP contribution in [-0.2, 0) is 43.2 Å². The molecule has 1 heterocycles. The molecule has 1 aliphatic rings. The standard InChI is InChI=1S/C42H74N8O11/c1-7-8-9-10-11-12-13-14-15-16-17-20-34(55)46-30(24-26(2)3)39(58)49-36(29(6)53)42(61)50-22-18-19-32(50)40(59)48-35(28(5)52)41(60)45-27(4)37(56)47-31(25-33(43)54)38(57)44-21-23-51/h23,26-32,35-36,52-53H,7-22,24-25H2,1-6H3,(H2,43,54)(H,44,57)(H,45,60)(H,46,55)(H,47,56)(H,48,59)(H,49,58)/t27-,28?,29?,30-,31-,32+,35?,36?/m0/s1. The van der Waals surface area contributed by atoms with Crippen molar-refractivity contribution in [2.75, 3.05) is 13.1 Å². The lowest BCUT2D eigenvalue weighted by atomic mass is 10.0. The third-order valence-corrected chi connectivity index (χ3v) is 10.5. The van der Waals surface area contributed by atoms with E-state index < -0.39 is 96.2 Å². The van der Waals surface area contributed by atoms with Gasteiger partial charge in [0, 0.05) is 13.0 Å². The van der Waals surface area contributed by atoms with Crippen LogP contribution in [0.15, 0.2) is 0 Å². The first-order valence-electron chi connectivity index (χ1n) is 22.0. The van der Waals surface area contributed by atoms with E-state index in [0.29, 0.717) is 19.1 Å². The Morgan fingerprint density at radius 3 is 1.79 bits per heavy atom. The van der Waals surface area contributed by atoms with Gasteiger partial charge in [0.15, 0.2) is 0 Å². The molecule has 4 unspecified atom stereocenters. The van der Waals surface area contributed by atoms with Crippen LogP contribution in [0, 0.1) is 5.92 Å². The highest BCUT2D eigenvalue weighted by atomic mass is 16.3. The molecule has 8 amide bonds. The number of hydrogen-bond donors (Lipinski definition) is 9. The zero-order valence-corrected chi connectivity index (χ0v) is 37.1. The minimum absolute atomic E-state index is 0.00120. The van der Waals surface area contributed by atoms with Crippen LogP contribution in [0.5, 0.6) is 0 Å². The SMILES string of the molecule is CCCCCCCCCCCCCC(=O)N[C@@H](CC(C)C)C(=O)NC(C(=O)N1CCC[C@@H]1C(=O)NC(C(=O)N[C@@H](C)C(=O)N[C@@H](CC(N)=O)C(=O)NCC=O)C(C)O)C(C)O. The summed E-state index contributed by atoms with van der Waals surface area (Å²) >= 11 is 0. The van der Waals surface area contributed by atoms with Crippen molar-refractivity contribution in [2.45, 2.75) is 193 Å². The van der Waals surface area contributed by atoms with Crippen LogP contribution in [0.4, 0.5) is 0 Å². The highest BCUT2D eigenvalue weighted by Crippen LogP contribution is 2.20. The first-order valence-corrected chi connectivity index (χ1v) is 22.0. The number of aliphatic hydroxyl groups excluding tert-OH is 2. The van der Waals surface area contributed by atoms with Gasteiger partial charge in [0.05, 0.1) is 25.2 Å². The molecular formula is C42H74N8O11. The van der Waals surface area contributed by atoms with E-state index in [4.69, 9.17) is 5.73 Å².